The van der Waals surface area contributed by atoms with E-state index in [1.807, 2.05) is 19.1 Å². The second kappa shape index (κ2) is 6.86. The first-order valence-electron chi connectivity index (χ1n) is 6.23. The van der Waals surface area contributed by atoms with Crippen LogP contribution in [-0.2, 0) is 0 Å². The standard InChI is InChI=1S/C14H14ClN3O2/c1-2-9-20-12-6-4-3-5-10(12)16-14(19)11-7-8-13(15)18-17-11/h3-8H,2,9H2,1H3,(H,16,19). The molecule has 1 N–H and O–H groups in total. The SMILES string of the molecule is CCCOc1ccccc1NC(=O)c1ccc(Cl)nn1. The van der Waals surface area contributed by atoms with Gasteiger partial charge in [0, 0.05) is 0 Å². The summed E-state index contributed by atoms with van der Waals surface area (Å²) in [5.41, 5.74) is 0.794. The molecule has 0 aliphatic heterocycles. The van der Waals surface area contributed by atoms with Gasteiger partial charge in [0.2, 0.25) is 0 Å². The highest BCUT2D eigenvalue weighted by Crippen LogP contribution is 2.24. The number of carbonyl (C=O) groups excluding carboxylic acids is 1. The Kier molecular flexibility index (Phi) is 4.90. The van der Waals surface area contributed by atoms with E-state index < -0.39 is 0 Å². The smallest absolute Gasteiger partial charge is 0.276 e. The fourth-order valence-electron chi connectivity index (χ4n) is 1.53. The summed E-state index contributed by atoms with van der Waals surface area (Å²) < 4.78 is 5.57. The first kappa shape index (κ1) is 14.3. The van der Waals surface area contributed by atoms with Crippen LogP contribution in [0.3, 0.4) is 0 Å². The van der Waals surface area contributed by atoms with E-state index >= 15 is 0 Å². The molecule has 2 rings (SSSR count). The van der Waals surface area contributed by atoms with Gasteiger partial charge in [0.15, 0.2) is 10.8 Å². The minimum atomic E-state index is -0.360. The number of hydrogen-bond donors (Lipinski definition) is 1. The fraction of sp³-hybridized carbons (Fsp3) is 0.214. The number of aromatic nitrogens is 2. The molecule has 0 aliphatic carbocycles. The zero-order valence-electron chi connectivity index (χ0n) is 11.0. The van der Waals surface area contributed by atoms with Crippen LogP contribution in [0.5, 0.6) is 5.75 Å². The molecule has 0 spiro atoms. The number of amides is 1. The topological polar surface area (TPSA) is 64.1 Å². The molecule has 104 valence electrons. The molecule has 2 aromatic rings. The predicted octanol–water partition coefficient (Wildman–Crippen LogP) is 3.17. The number of nitrogens with zero attached hydrogens (tertiary/aromatic N) is 2. The summed E-state index contributed by atoms with van der Waals surface area (Å²) in [6.07, 6.45) is 0.894. The molecule has 0 saturated carbocycles. The second-order valence-electron chi connectivity index (χ2n) is 4.04. The molecule has 1 aromatic carbocycles. The van der Waals surface area contributed by atoms with Gasteiger partial charge in [0.1, 0.15) is 5.75 Å². The molecular weight excluding hydrogens is 278 g/mol. The molecule has 1 aromatic heterocycles. The molecular formula is C14H14ClN3O2. The average molecular weight is 292 g/mol. The lowest BCUT2D eigenvalue weighted by molar-refractivity contribution is 0.102. The maximum atomic E-state index is 12.0. The number of carbonyl (C=O) groups is 1. The molecule has 6 heteroatoms. The normalized spacial score (nSPS) is 10.1. The van der Waals surface area contributed by atoms with E-state index in [1.54, 1.807) is 12.1 Å². The van der Waals surface area contributed by atoms with E-state index in [0.717, 1.165) is 6.42 Å². The lowest BCUT2D eigenvalue weighted by atomic mass is 10.2. The Morgan fingerprint density at radius 3 is 2.75 bits per heavy atom. The number of benzene rings is 1. The van der Waals surface area contributed by atoms with Crippen LogP contribution in [0.2, 0.25) is 5.15 Å². The zero-order chi connectivity index (χ0) is 14.4. The third-order valence-corrected chi connectivity index (χ3v) is 2.66. The van der Waals surface area contributed by atoms with E-state index in [-0.39, 0.29) is 16.8 Å². The minimum absolute atomic E-state index is 0.194. The van der Waals surface area contributed by atoms with Crippen molar-refractivity contribution in [1.82, 2.24) is 10.2 Å². The molecule has 1 heterocycles. The Labute approximate surface area is 121 Å². The molecule has 5 nitrogen and oxygen atoms in total. The van der Waals surface area contributed by atoms with Crippen molar-refractivity contribution in [2.45, 2.75) is 13.3 Å². The third kappa shape index (κ3) is 3.68. The van der Waals surface area contributed by atoms with Crippen molar-refractivity contribution >= 4 is 23.2 Å². The van der Waals surface area contributed by atoms with Gasteiger partial charge in [-0.15, -0.1) is 10.2 Å². The predicted molar refractivity (Wildman–Crippen MR) is 77.2 cm³/mol. The minimum Gasteiger partial charge on any atom is -0.491 e. The number of hydrogen-bond acceptors (Lipinski definition) is 4. The molecule has 0 radical (unpaired) electrons. The Balaban J connectivity index is 2.13. The van der Waals surface area contributed by atoms with E-state index in [4.69, 9.17) is 16.3 Å². The summed E-state index contributed by atoms with van der Waals surface area (Å²) in [7, 11) is 0. The van der Waals surface area contributed by atoms with Crippen molar-refractivity contribution in [1.29, 1.82) is 0 Å². The summed E-state index contributed by atoms with van der Waals surface area (Å²) in [5.74, 6) is 0.270. The highest BCUT2D eigenvalue weighted by molar-refractivity contribution is 6.29. The summed E-state index contributed by atoms with van der Waals surface area (Å²) >= 11 is 5.63. The number of ether oxygens (including phenoxy) is 1. The van der Waals surface area contributed by atoms with E-state index in [2.05, 4.69) is 15.5 Å². The van der Waals surface area contributed by atoms with Gasteiger partial charge in [-0.3, -0.25) is 4.79 Å². The molecule has 0 fully saturated rings. The monoisotopic (exact) mass is 291 g/mol. The van der Waals surface area contributed by atoms with Crippen LogP contribution < -0.4 is 10.1 Å². The molecule has 0 bridgehead atoms. The number of rotatable bonds is 5. The van der Waals surface area contributed by atoms with Crippen LogP contribution in [0.15, 0.2) is 36.4 Å². The summed E-state index contributed by atoms with van der Waals surface area (Å²) in [6.45, 7) is 2.61. The first-order chi connectivity index (χ1) is 9.70. The lowest BCUT2D eigenvalue weighted by Gasteiger charge is -2.11. The maximum absolute atomic E-state index is 12.0. The zero-order valence-corrected chi connectivity index (χ0v) is 11.7. The molecule has 20 heavy (non-hydrogen) atoms. The van der Waals surface area contributed by atoms with Gasteiger partial charge >= 0.3 is 0 Å². The van der Waals surface area contributed by atoms with Crippen LogP contribution >= 0.6 is 11.6 Å². The molecule has 0 unspecified atom stereocenters. The van der Waals surface area contributed by atoms with E-state index in [1.165, 1.54) is 12.1 Å². The van der Waals surface area contributed by atoms with Gasteiger partial charge in [-0.05, 0) is 30.7 Å². The molecule has 0 saturated heterocycles. The largest absolute Gasteiger partial charge is 0.491 e. The second-order valence-corrected chi connectivity index (χ2v) is 4.43. The van der Waals surface area contributed by atoms with Crippen LogP contribution in [-0.4, -0.2) is 22.7 Å². The highest BCUT2D eigenvalue weighted by Gasteiger charge is 2.11. The van der Waals surface area contributed by atoms with E-state index in [9.17, 15) is 4.79 Å². The Bertz CT molecular complexity index is 587. The van der Waals surface area contributed by atoms with Crippen LogP contribution in [0.4, 0.5) is 5.69 Å². The van der Waals surface area contributed by atoms with Crippen LogP contribution in [0, 0.1) is 0 Å². The summed E-state index contributed by atoms with van der Waals surface area (Å²) in [5, 5.41) is 10.4. The summed E-state index contributed by atoms with van der Waals surface area (Å²) in [4.78, 5) is 12.0. The van der Waals surface area contributed by atoms with Crippen LogP contribution in [0.1, 0.15) is 23.8 Å². The number of para-hydroxylation sites is 2. The quantitative estimate of drug-likeness (QED) is 0.919. The van der Waals surface area contributed by atoms with Gasteiger partial charge in [0.25, 0.3) is 5.91 Å². The van der Waals surface area contributed by atoms with Crippen molar-refractivity contribution in [3.8, 4) is 5.75 Å². The maximum Gasteiger partial charge on any atom is 0.276 e. The van der Waals surface area contributed by atoms with E-state index in [0.29, 0.717) is 18.0 Å². The van der Waals surface area contributed by atoms with Crippen LogP contribution in [0.25, 0.3) is 0 Å². The molecule has 1 amide bonds. The van der Waals surface area contributed by atoms with Crippen molar-refractivity contribution < 1.29 is 9.53 Å². The number of halogens is 1. The van der Waals surface area contributed by atoms with Gasteiger partial charge in [-0.1, -0.05) is 30.7 Å². The lowest BCUT2D eigenvalue weighted by Crippen LogP contribution is -2.15. The Hall–Kier alpha value is -2.14. The van der Waals surface area contributed by atoms with Gasteiger partial charge in [0.05, 0.1) is 12.3 Å². The summed E-state index contributed by atoms with van der Waals surface area (Å²) in [6, 6.07) is 10.3. The molecule has 0 atom stereocenters. The van der Waals surface area contributed by atoms with Gasteiger partial charge in [-0.2, -0.15) is 0 Å². The molecule has 0 aliphatic rings. The average Bonchev–Trinajstić information content (AvgIpc) is 2.47. The van der Waals surface area contributed by atoms with Gasteiger partial charge in [-0.25, -0.2) is 0 Å². The first-order valence-corrected chi connectivity index (χ1v) is 6.61. The third-order valence-electron chi connectivity index (χ3n) is 2.46. The van der Waals surface area contributed by atoms with Crippen molar-refractivity contribution in [3.05, 3.63) is 47.2 Å². The number of anilines is 1. The Morgan fingerprint density at radius 2 is 2.05 bits per heavy atom. The number of nitrogens with one attached hydrogen (secondary N) is 1. The van der Waals surface area contributed by atoms with Crippen molar-refractivity contribution in [2.75, 3.05) is 11.9 Å². The van der Waals surface area contributed by atoms with Crippen molar-refractivity contribution in [3.63, 3.8) is 0 Å². The Morgan fingerprint density at radius 1 is 1.25 bits per heavy atom. The van der Waals surface area contributed by atoms with Crippen molar-refractivity contribution in [2.24, 2.45) is 0 Å². The fourth-order valence-corrected chi connectivity index (χ4v) is 1.63. The van der Waals surface area contributed by atoms with Gasteiger partial charge < -0.3 is 10.1 Å². The highest BCUT2D eigenvalue weighted by atomic mass is 35.5.